The quantitative estimate of drug-likeness (QED) is 0.398. The number of rotatable bonds is 4. The topological polar surface area (TPSA) is 118 Å². The van der Waals surface area contributed by atoms with Gasteiger partial charge in [-0.15, -0.1) is 10.1 Å². The van der Waals surface area contributed by atoms with Crippen LogP contribution in [0.2, 0.25) is 0 Å². The number of hydrogen-bond acceptors (Lipinski definition) is 4. The first kappa shape index (κ1) is 14.8. The summed E-state index contributed by atoms with van der Waals surface area (Å²) in [5.74, 6) is -2.05. The van der Waals surface area contributed by atoms with Crippen molar-refractivity contribution in [2.75, 3.05) is 0 Å². The van der Waals surface area contributed by atoms with Crippen LogP contribution in [0.3, 0.4) is 0 Å². The predicted octanol–water partition coefficient (Wildman–Crippen LogP) is 0.729. The molecule has 0 aromatic heterocycles. The fraction of sp³-hybridized carbons (Fsp3) is 0.714. The van der Waals surface area contributed by atoms with Crippen LogP contribution in [-0.4, -0.2) is 27.2 Å². The molecule has 0 spiro atoms. The third kappa shape index (κ3) is 10.3. The Morgan fingerprint density at radius 3 is 1.93 bits per heavy atom. The van der Waals surface area contributed by atoms with E-state index in [1.165, 1.54) is 6.92 Å². The van der Waals surface area contributed by atoms with Crippen LogP contribution in [0.1, 0.15) is 26.7 Å². The van der Waals surface area contributed by atoms with E-state index in [2.05, 4.69) is 0 Å². The summed E-state index contributed by atoms with van der Waals surface area (Å²) in [6, 6.07) is 0. The van der Waals surface area contributed by atoms with Gasteiger partial charge >= 0.3 is 5.97 Å². The number of carboxylic acid groups (broad SMARTS) is 1. The Labute approximate surface area is 80.5 Å². The maximum absolute atomic E-state index is 10.6. The van der Waals surface area contributed by atoms with E-state index in [0.717, 1.165) is 6.42 Å². The summed E-state index contributed by atoms with van der Waals surface area (Å²) in [7, 11) is 0. The Morgan fingerprint density at radius 2 is 1.86 bits per heavy atom. The Balaban J connectivity index is 0. The van der Waals surface area contributed by atoms with Gasteiger partial charge in [0.1, 0.15) is 11.7 Å². The third-order valence-corrected chi connectivity index (χ3v) is 1.37. The first-order chi connectivity index (χ1) is 6.32. The molecule has 7 heteroatoms. The zero-order chi connectivity index (χ0) is 11.7. The number of Topliss-reactive ketones (excluding diaryl/α,β-unsaturated/α-hetero) is 1. The number of carbonyl (C=O) groups is 2. The fourth-order valence-corrected chi connectivity index (χ4v) is 0.789. The summed E-state index contributed by atoms with van der Waals surface area (Å²) >= 11 is 0. The maximum Gasteiger partial charge on any atom is 0.314 e. The molecule has 14 heavy (non-hydrogen) atoms. The average molecular weight is 207 g/mol. The molecule has 0 aliphatic carbocycles. The molecular weight excluding hydrogens is 194 g/mol. The number of nitrogens with zero attached hydrogens (tertiary/aromatic N) is 1. The lowest BCUT2D eigenvalue weighted by Gasteiger charge is -2.04. The van der Waals surface area contributed by atoms with Gasteiger partial charge < -0.3 is 10.3 Å². The highest BCUT2D eigenvalue weighted by Gasteiger charge is 2.20. The number of hydrogen-bond donors (Lipinski definition) is 2. The minimum atomic E-state index is -1.50. The molecule has 0 amide bonds. The van der Waals surface area contributed by atoms with Crippen molar-refractivity contribution in [3.8, 4) is 0 Å². The van der Waals surface area contributed by atoms with Gasteiger partial charge in [-0.1, -0.05) is 13.3 Å². The van der Waals surface area contributed by atoms with Crippen molar-refractivity contribution in [3.05, 3.63) is 10.1 Å². The molecular formula is C7H13NO6. The fourth-order valence-electron chi connectivity index (χ4n) is 0.789. The maximum atomic E-state index is 10.6. The van der Waals surface area contributed by atoms with Crippen molar-refractivity contribution >= 4 is 11.8 Å². The summed E-state index contributed by atoms with van der Waals surface area (Å²) in [4.78, 5) is 29.3. The van der Waals surface area contributed by atoms with Crippen LogP contribution < -0.4 is 0 Å². The molecule has 2 N–H and O–H groups in total. The molecule has 82 valence electrons. The number of ketones is 1. The van der Waals surface area contributed by atoms with E-state index in [9.17, 15) is 9.59 Å². The summed E-state index contributed by atoms with van der Waals surface area (Å²) < 4.78 is 0. The third-order valence-electron chi connectivity index (χ3n) is 1.37. The molecule has 0 aliphatic heterocycles. The average Bonchev–Trinajstić information content (AvgIpc) is 1.97. The van der Waals surface area contributed by atoms with Crippen molar-refractivity contribution in [1.82, 2.24) is 0 Å². The minimum absolute atomic E-state index is 0.255. The summed E-state index contributed by atoms with van der Waals surface area (Å²) in [5, 5.41) is 22.1. The van der Waals surface area contributed by atoms with Crippen LogP contribution in [-0.2, 0) is 9.59 Å². The van der Waals surface area contributed by atoms with E-state index < -0.39 is 17.0 Å². The van der Waals surface area contributed by atoms with Crippen molar-refractivity contribution < 1.29 is 25.0 Å². The zero-order valence-electron chi connectivity index (χ0n) is 7.97. The largest absolute Gasteiger partial charge is 0.481 e. The molecule has 0 aromatic rings. The highest BCUT2D eigenvalue weighted by molar-refractivity contribution is 5.96. The first-order valence-electron chi connectivity index (χ1n) is 3.89. The lowest BCUT2D eigenvalue weighted by Crippen LogP contribution is -2.20. The van der Waals surface area contributed by atoms with Gasteiger partial charge in [-0.3, -0.25) is 9.59 Å². The molecule has 0 aliphatic rings. The highest BCUT2D eigenvalue weighted by atomic mass is 16.9. The summed E-state index contributed by atoms with van der Waals surface area (Å²) in [5.41, 5.74) is 0. The lowest BCUT2D eigenvalue weighted by molar-refractivity contribution is -0.742. The van der Waals surface area contributed by atoms with Crippen LogP contribution in [0, 0.1) is 16.0 Å². The van der Waals surface area contributed by atoms with E-state index in [1.54, 1.807) is 0 Å². The lowest BCUT2D eigenvalue weighted by atomic mass is 10.0. The van der Waals surface area contributed by atoms with Crippen molar-refractivity contribution in [1.29, 1.82) is 0 Å². The second-order valence-electron chi connectivity index (χ2n) is 2.53. The van der Waals surface area contributed by atoms with E-state index >= 15 is 0 Å². The molecule has 7 nitrogen and oxygen atoms in total. The van der Waals surface area contributed by atoms with Crippen LogP contribution in [0.15, 0.2) is 0 Å². The van der Waals surface area contributed by atoms with Gasteiger partial charge in [0.05, 0.1) is 0 Å². The van der Waals surface area contributed by atoms with Gasteiger partial charge in [0.15, 0.2) is 0 Å². The monoisotopic (exact) mass is 207 g/mol. The van der Waals surface area contributed by atoms with E-state index in [4.69, 9.17) is 20.4 Å². The van der Waals surface area contributed by atoms with Crippen LogP contribution in [0.5, 0.6) is 0 Å². The number of carbonyl (C=O) groups excluding carboxylic acids is 1. The Morgan fingerprint density at radius 1 is 1.50 bits per heavy atom. The van der Waals surface area contributed by atoms with E-state index in [1.807, 2.05) is 6.92 Å². The van der Waals surface area contributed by atoms with Gasteiger partial charge in [-0.2, -0.15) is 0 Å². The van der Waals surface area contributed by atoms with Crippen LogP contribution >= 0.6 is 0 Å². The van der Waals surface area contributed by atoms with Crippen LogP contribution in [0.25, 0.3) is 0 Å². The van der Waals surface area contributed by atoms with Gasteiger partial charge in [0, 0.05) is 0 Å². The van der Waals surface area contributed by atoms with Crippen molar-refractivity contribution in [2.45, 2.75) is 26.7 Å². The normalized spacial score (nSPS) is 10.7. The molecule has 1 unspecified atom stereocenters. The molecule has 0 rings (SSSR count). The van der Waals surface area contributed by atoms with Crippen molar-refractivity contribution in [3.63, 3.8) is 0 Å². The molecule has 1 atom stereocenters. The molecule has 0 heterocycles. The molecule has 0 radical (unpaired) electrons. The van der Waals surface area contributed by atoms with Gasteiger partial charge in [-0.05, 0) is 13.3 Å². The Hall–Kier alpha value is -1.66. The summed E-state index contributed by atoms with van der Waals surface area (Å²) in [6.07, 6.45) is 1.18. The van der Waals surface area contributed by atoms with Gasteiger partial charge in [0.2, 0.25) is 0 Å². The number of carboxylic acids is 1. The second kappa shape index (κ2) is 7.96. The Bertz CT molecular complexity index is 196. The highest BCUT2D eigenvalue weighted by Crippen LogP contribution is 2.06. The smallest absolute Gasteiger partial charge is 0.314 e. The first-order valence-corrected chi connectivity index (χ1v) is 3.89. The van der Waals surface area contributed by atoms with E-state index in [-0.39, 0.29) is 5.78 Å². The molecule has 0 fully saturated rings. The van der Waals surface area contributed by atoms with E-state index in [0.29, 0.717) is 6.42 Å². The molecule has 0 bridgehead atoms. The van der Waals surface area contributed by atoms with Gasteiger partial charge in [0.25, 0.3) is 5.09 Å². The van der Waals surface area contributed by atoms with Crippen LogP contribution in [0.4, 0.5) is 0 Å². The Kier molecular flexibility index (Phi) is 8.44. The molecule has 0 aromatic carbocycles. The standard InChI is InChI=1S/C7H12O3.HNO3/c1-3-4-6(5(2)8)7(9)10;2-1(3)4/h6H,3-4H2,1-2H3,(H,9,10);(H,2,3,4). The second-order valence-corrected chi connectivity index (χ2v) is 2.53. The zero-order valence-corrected chi connectivity index (χ0v) is 7.97. The predicted molar refractivity (Wildman–Crippen MR) is 45.5 cm³/mol. The number of aliphatic carboxylic acids is 1. The SMILES string of the molecule is CCCC(C(C)=O)C(=O)O.O=[N+]([O-])O. The molecule has 0 saturated heterocycles. The minimum Gasteiger partial charge on any atom is -0.481 e. The van der Waals surface area contributed by atoms with Crippen molar-refractivity contribution in [2.24, 2.45) is 5.92 Å². The summed E-state index contributed by atoms with van der Waals surface area (Å²) in [6.45, 7) is 3.17. The van der Waals surface area contributed by atoms with Gasteiger partial charge in [-0.25, -0.2) is 0 Å². The molecule has 0 saturated carbocycles.